The average Bonchev–Trinajstić information content (AvgIpc) is 2.39. The van der Waals surface area contributed by atoms with Crippen LogP contribution in [0, 0.1) is 12.8 Å². The van der Waals surface area contributed by atoms with Crippen LogP contribution in [-0.2, 0) is 4.79 Å². The van der Waals surface area contributed by atoms with Crippen LogP contribution in [0.5, 0.6) is 0 Å². The van der Waals surface area contributed by atoms with Crippen molar-refractivity contribution in [2.75, 3.05) is 19.6 Å². The molecule has 4 heteroatoms. The Balaban J connectivity index is 1.93. The van der Waals surface area contributed by atoms with Gasteiger partial charge in [-0.1, -0.05) is 29.8 Å². The summed E-state index contributed by atoms with van der Waals surface area (Å²) in [5.41, 5.74) is 14.0. The van der Waals surface area contributed by atoms with Crippen molar-refractivity contribution in [2.45, 2.75) is 25.8 Å². The Bertz CT molecular complexity index is 430. The van der Waals surface area contributed by atoms with Gasteiger partial charge in [0, 0.05) is 19.1 Å². The number of carbonyl (C=O) groups excluding carboxylic acids is 1. The molecule has 1 fully saturated rings. The Labute approximate surface area is 114 Å². The number of amides is 1. The second-order valence-corrected chi connectivity index (χ2v) is 5.52. The molecule has 2 atom stereocenters. The number of primary amides is 1. The van der Waals surface area contributed by atoms with E-state index in [9.17, 15) is 4.79 Å². The lowest BCUT2D eigenvalue weighted by Crippen LogP contribution is -2.43. The lowest BCUT2D eigenvalue weighted by Gasteiger charge is -2.32. The minimum atomic E-state index is -0.186. The SMILES string of the molecule is Cc1ccc(C(N)CN2CCCC(C(N)=O)C2)cc1. The van der Waals surface area contributed by atoms with Gasteiger partial charge in [0.05, 0.1) is 5.92 Å². The molecule has 19 heavy (non-hydrogen) atoms. The van der Waals surface area contributed by atoms with E-state index in [0.29, 0.717) is 0 Å². The van der Waals surface area contributed by atoms with E-state index in [0.717, 1.165) is 38.0 Å². The van der Waals surface area contributed by atoms with Gasteiger partial charge >= 0.3 is 0 Å². The van der Waals surface area contributed by atoms with Gasteiger partial charge in [0.25, 0.3) is 0 Å². The zero-order valence-corrected chi connectivity index (χ0v) is 11.5. The fourth-order valence-electron chi connectivity index (χ4n) is 2.65. The molecule has 2 unspecified atom stereocenters. The standard InChI is InChI=1S/C15H23N3O/c1-11-4-6-12(7-5-11)14(16)10-18-8-2-3-13(9-18)15(17)19/h4-7,13-14H,2-3,8-10,16H2,1H3,(H2,17,19). The summed E-state index contributed by atoms with van der Waals surface area (Å²) in [7, 11) is 0. The molecule has 0 radical (unpaired) electrons. The Kier molecular flexibility index (Phi) is 4.56. The quantitative estimate of drug-likeness (QED) is 0.855. The summed E-state index contributed by atoms with van der Waals surface area (Å²) in [5.74, 6) is -0.201. The first-order chi connectivity index (χ1) is 9.06. The Morgan fingerprint density at radius 3 is 2.74 bits per heavy atom. The molecule has 0 bridgehead atoms. The summed E-state index contributed by atoms with van der Waals surface area (Å²) in [4.78, 5) is 13.5. The Morgan fingerprint density at radius 1 is 1.42 bits per heavy atom. The third-order valence-electron chi connectivity index (χ3n) is 3.87. The largest absolute Gasteiger partial charge is 0.369 e. The maximum Gasteiger partial charge on any atom is 0.221 e. The number of hydrogen-bond acceptors (Lipinski definition) is 3. The molecule has 0 saturated carbocycles. The number of nitrogens with two attached hydrogens (primary N) is 2. The molecule has 1 aliphatic heterocycles. The summed E-state index contributed by atoms with van der Waals surface area (Å²) < 4.78 is 0. The van der Waals surface area contributed by atoms with Crippen LogP contribution in [0.25, 0.3) is 0 Å². The number of piperidine rings is 1. The van der Waals surface area contributed by atoms with E-state index in [4.69, 9.17) is 11.5 Å². The molecular formula is C15H23N3O. The fourth-order valence-corrected chi connectivity index (χ4v) is 2.65. The number of aryl methyl sites for hydroxylation is 1. The van der Waals surface area contributed by atoms with Crippen molar-refractivity contribution in [3.63, 3.8) is 0 Å². The summed E-state index contributed by atoms with van der Waals surface area (Å²) in [5, 5.41) is 0. The van der Waals surface area contributed by atoms with Gasteiger partial charge in [-0.05, 0) is 31.9 Å². The van der Waals surface area contributed by atoms with Crippen molar-refractivity contribution >= 4 is 5.91 Å². The molecule has 1 aromatic carbocycles. The summed E-state index contributed by atoms with van der Waals surface area (Å²) in [6.07, 6.45) is 1.93. The van der Waals surface area contributed by atoms with E-state index < -0.39 is 0 Å². The van der Waals surface area contributed by atoms with Gasteiger partial charge in [-0.3, -0.25) is 4.79 Å². The van der Waals surface area contributed by atoms with Crippen molar-refractivity contribution in [1.82, 2.24) is 4.90 Å². The number of likely N-dealkylation sites (tertiary alicyclic amines) is 1. The monoisotopic (exact) mass is 261 g/mol. The maximum atomic E-state index is 11.3. The lowest BCUT2D eigenvalue weighted by atomic mass is 9.96. The van der Waals surface area contributed by atoms with Crippen LogP contribution in [0.3, 0.4) is 0 Å². The molecule has 0 aromatic heterocycles. The molecule has 4 N–H and O–H groups in total. The highest BCUT2D eigenvalue weighted by molar-refractivity contribution is 5.76. The van der Waals surface area contributed by atoms with Crippen LogP contribution >= 0.6 is 0 Å². The maximum absolute atomic E-state index is 11.3. The van der Waals surface area contributed by atoms with Crippen LogP contribution < -0.4 is 11.5 Å². The normalized spacial score (nSPS) is 22.1. The first kappa shape index (κ1) is 14.0. The van der Waals surface area contributed by atoms with Gasteiger partial charge in [-0.25, -0.2) is 0 Å². The van der Waals surface area contributed by atoms with Crippen LogP contribution in [0.1, 0.15) is 30.0 Å². The first-order valence-electron chi connectivity index (χ1n) is 6.90. The molecule has 4 nitrogen and oxygen atoms in total. The zero-order chi connectivity index (χ0) is 13.8. The highest BCUT2D eigenvalue weighted by Gasteiger charge is 2.25. The van der Waals surface area contributed by atoms with Gasteiger partial charge in [0.15, 0.2) is 0 Å². The second kappa shape index (κ2) is 6.17. The topological polar surface area (TPSA) is 72.3 Å². The number of hydrogen-bond donors (Lipinski definition) is 2. The summed E-state index contributed by atoms with van der Waals surface area (Å²) in [6.45, 7) is 4.60. The molecule has 1 aliphatic rings. The third-order valence-corrected chi connectivity index (χ3v) is 3.87. The first-order valence-corrected chi connectivity index (χ1v) is 6.90. The minimum Gasteiger partial charge on any atom is -0.369 e. The molecule has 0 spiro atoms. The fraction of sp³-hybridized carbons (Fsp3) is 0.533. The van der Waals surface area contributed by atoms with Gasteiger partial charge in [0.2, 0.25) is 5.91 Å². The molecular weight excluding hydrogens is 238 g/mol. The second-order valence-electron chi connectivity index (χ2n) is 5.52. The average molecular weight is 261 g/mol. The van der Waals surface area contributed by atoms with E-state index in [-0.39, 0.29) is 17.9 Å². The number of carbonyl (C=O) groups is 1. The van der Waals surface area contributed by atoms with E-state index in [2.05, 4.69) is 36.1 Å². The number of nitrogens with zero attached hydrogens (tertiary/aromatic N) is 1. The molecule has 1 heterocycles. The van der Waals surface area contributed by atoms with Crippen LogP contribution in [-0.4, -0.2) is 30.4 Å². The van der Waals surface area contributed by atoms with Crippen molar-refractivity contribution in [3.05, 3.63) is 35.4 Å². The minimum absolute atomic E-state index is 0.00720. The highest BCUT2D eigenvalue weighted by Crippen LogP contribution is 2.19. The zero-order valence-electron chi connectivity index (χ0n) is 11.5. The number of rotatable bonds is 4. The summed E-state index contributed by atoms with van der Waals surface area (Å²) >= 11 is 0. The molecule has 1 saturated heterocycles. The third kappa shape index (κ3) is 3.78. The molecule has 1 amide bonds. The predicted octanol–water partition coefficient (Wildman–Crippen LogP) is 1.19. The van der Waals surface area contributed by atoms with Crippen molar-refractivity contribution in [1.29, 1.82) is 0 Å². The van der Waals surface area contributed by atoms with Crippen molar-refractivity contribution in [2.24, 2.45) is 17.4 Å². The Morgan fingerprint density at radius 2 is 2.11 bits per heavy atom. The van der Waals surface area contributed by atoms with Gasteiger partial charge in [0.1, 0.15) is 0 Å². The van der Waals surface area contributed by atoms with Crippen molar-refractivity contribution in [3.8, 4) is 0 Å². The van der Waals surface area contributed by atoms with Crippen LogP contribution in [0.2, 0.25) is 0 Å². The highest BCUT2D eigenvalue weighted by atomic mass is 16.1. The van der Waals surface area contributed by atoms with E-state index in [1.165, 1.54) is 5.56 Å². The molecule has 1 aromatic rings. The Hall–Kier alpha value is -1.39. The van der Waals surface area contributed by atoms with Gasteiger partial charge in [-0.15, -0.1) is 0 Å². The smallest absolute Gasteiger partial charge is 0.221 e. The van der Waals surface area contributed by atoms with E-state index >= 15 is 0 Å². The van der Waals surface area contributed by atoms with Crippen molar-refractivity contribution < 1.29 is 4.79 Å². The predicted molar refractivity (Wildman–Crippen MR) is 76.5 cm³/mol. The van der Waals surface area contributed by atoms with Crippen LogP contribution in [0.15, 0.2) is 24.3 Å². The lowest BCUT2D eigenvalue weighted by molar-refractivity contribution is -0.123. The summed E-state index contributed by atoms with van der Waals surface area (Å²) in [6, 6.07) is 8.31. The number of benzene rings is 1. The van der Waals surface area contributed by atoms with E-state index in [1.807, 2.05) is 0 Å². The van der Waals surface area contributed by atoms with E-state index in [1.54, 1.807) is 0 Å². The van der Waals surface area contributed by atoms with Gasteiger partial charge in [-0.2, -0.15) is 0 Å². The van der Waals surface area contributed by atoms with Gasteiger partial charge < -0.3 is 16.4 Å². The van der Waals surface area contributed by atoms with Crippen LogP contribution in [0.4, 0.5) is 0 Å². The molecule has 2 rings (SSSR count). The molecule has 104 valence electrons. The molecule has 0 aliphatic carbocycles.